The average molecular weight is 435 g/mol. The largest absolute Gasteiger partial charge is 0.505 e. The van der Waals surface area contributed by atoms with E-state index in [1.807, 2.05) is 0 Å². The lowest BCUT2D eigenvalue weighted by Crippen LogP contribution is -2.01. The van der Waals surface area contributed by atoms with E-state index in [9.17, 15) is 28.0 Å². The van der Waals surface area contributed by atoms with Gasteiger partial charge >= 0.3 is 5.97 Å². The lowest BCUT2D eigenvalue weighted by atomic mass is 10.0. The predicted molar refractivity (Wildman–Crippen MR) is 107 cm³/mol. The van der Waals surface area contributed by atoms with Gasteiger partial charge in [0.15, 0.2) is 5.75 Å². The molecule has 0 aliphatic carbocycles. The summed E-state index contributed by atoms with van der Waals surface area (Å²) in [6.45, 7) is 1.76. The van der Waals surface area contributed by atoms with Crippen molar-refractivity contribution in [2.75, 3.05) is 0 Å². The van der Waals surface area contributed by atoms with Crippen LogP contribution in [0.25, 0.3) is 10.8 Å². The Kier molecular flexibility index (Phi) is 5.56. The van der Waals surface area contributed by atoms with Crippen molar-refractivity contribution in [3.05, 3.63) is 58.6 Å². The van der Waals surface area contributed by atoms with E-state index in [4.69, 9.17) is 11.6 Å². The number of aromatic hydroxyl groups is 1. The van der Waals surface area contributed by atoms with Crippen LogP contribution in [0.4, 0.5) is 11.4 Å². The summed E-state index contributed by atoms with van der Waals surface area (Å²) in [6.07, 6.45) is 0.421. The minimum absolute atomic E-state index is 0.155. The highest BCUT2D eigenvalue weighted by molar-refractivity contribution is 7.86. The number of carboxylic acids is 1. The molecule has 0 spiro atoms. The zero-order chi connectivity index (χ0) is 21.3. The first kappa shape index (κ1) is 20.7. The number of nitrogens with zero attached hydrogens (tertiary/aromatic N) is 2. The molecule has 0 amide bonds. The van der Waals surface area contributed by atoms with Gasteiger partial charge in [-0.2, -0.15) is 8.42 Å². The molecule has 3 N–H and O–H groups in total. The van der Waals surface area contributed by atoms with E-state index < -0.39 is 26.7 Å². The third-order valence-electron chi connectivity index (χ3n) is 4.28. The Labute approximate surface area is 170 Å². The molecule has 29 heavy (non-hydrogen) atoms. The van der Waals surface area contributed by atoms with E-state index in [2.05, 4.69) is 10.2 Å². The van der Waals surface area contributed by atoms with Crippen LogP contribution in [0.3, 0.4) is 0 Å². The first-order valence-electron chi connectivity index (χ1n) is 8.33. The SMILES string of the molecule is CCc1ccc(N=Nc2c(O)c(C(=O)O)cc3ccccc23)c(S(=O)(=O)O)c1Cl. The molecule has 3 aromatic carbocycles. The fourth-order valence-electron chi connectivity index (χ4n) is 2.87. The van der Waals surface area contributed by atoms with E-state index in [-0.39, 0.29) is 22.0 Å². The molecule has 0 bridgehead atoms. The van der Waals surface area contributed by atoms with Crippen LogP contribution in [0.1, 0.15) is 22.8 Å². The van der Waals surface area contributed by atoms with Crippen molar-refractivity contribution in [3.8, 4) is 5.75 Å². The second-order valence-corrected chi connectivity index (χ2v) is 7.80. The minimum atomic E-state index is -4.72. The highest BCUT2D eigenvalue weighted by Crippen LogP contribution is 2.41. The summed E-state index contributed by atoms with van der Waals surface area (Å²) in [7, 11) is -4.72. The Bertz CT molecular complexity index is 1270. The molecular weight excluding hydrogens is 420 g/mol. The number of carboxylic acid groups (broad SMARTS) is 1. The topological polar surface area (TPSA) is 137 Å². The van der Waals surface area contributed by atoms with Crippen molar-refractivity contribution >= 4 is 49.8 Å². The molecule has 0 atom stereocenters. The molecule has 3 rings (SSSR count). The number of phenols is 1. The molecule has 0 aliphatic rings. The van der Waals surface area contributed by atoms with Crippen molar-refractivity contribution in [1.29, 1.82) is 0 Å². The number of fused-ring (bicyclic) bond motifs is 1. The van der Waals surface area contributed by atoms with Crippen LogP contribution in [-0.2, 0) is 16.5 Å². The minimum Gasteiger partial charge on any atom is -0.505 e. The lowest BCUT2D eigenvalue weighted by molar-refractivity contribution is 0.0694. The fourth-order valence-corrected chi connectivity index (χ4v) is 4.19. The number of hydrogen-bond acceptors (Lipinski definition) is 6. The van der Waals surface area contributed by atoms with Crippen molar-refractivity contribution in [1.82, 2.24) is 0 Å². The third kappa shape index (κ3) is 3.93. The zero-order valence-electron chi connectivity index (χ0n) is 15.0. The van der Waals surface area contributed by atoms with Gasteiger partial charge in [0, 0.05) is 5.39 Å². The Morgan fingerprint density at radius 3 is 2.45 bits per heavy atom. The summed E-state index contributed by atoms with van der Waals surface area (Å²) in [6, 6.07) is 10.7. The van der Waals surface area contributed by atoms with Crippen molar-refractivity contribution in [2.24, 2.45) is 10.2 Å². The van der Waals surface area contributed by atoms with Crippen LogP contribution in [-0.4, -0.2) is 29.2 Å². The maximum atomic E-state index is 11.8. The lowest BCUT2D eigenvalue weighted by Gasteiger charge is -2.10. The highest BCUT2D eigenvalue weighted by Gasteiger charge is 2.23. The van der Waals surface area contributed by atoms with Crippen LogP contribution in [0, 0.1) is 0 Å². The van der Waals surface area contributed by atoms with E-state index in [1.54, 1.807) is 31.2 Å². The Morgan fingerprint density at radius 1 is 1.14 bits per heavy atom. The van der Waals surface area contributed by atoms with E-state index in [0.717, 1.165) is 0 Å². The zero-order valence-corrected chi connectivity index (χ0v) is 16.6. The number of rotatable bonds is 5. The normalized spacial score (nSPS) is 12.0. The molecule has 0 fully saturated rings. The summed E-state index contributed by atoms with van der Waals surface area (Å²) in [4.78, 5) is 10.8. The molecule has 10 heteroatoms. The monoisotopic (exact) mass is 434 g/mol. The van der Waals surface area contributed by atoms with Crippen LogP contribution in [0.15, 0.2) is 57.6 Å². The number of azo groups is 1. The molecule has 8 nitrogen and oxygen atoms in total. The first-order chi connectivity index (χ1) is 13.6. The Balaban J connectivity index is 2.27. The molecule has 150 valence electrons. The molecule has 0 aromatic heterocycles. The maximum Gasteiger partial charge on any atom is 0.339 e. The quantitative estimate of drug-likeness (QED) is 0.376. The molecule has 0 heterocycles. The first-order valence-corrected chi connectivity index (χ1v) is 10.2. The van der Waals surface area contributed by atoms with Crippen LogP contribution in [0.2, 0.25) is 5.02 Å². The second kappa shape index (κ2) is 7.78. The third-order valence-corrected chi connectivity index (χ3v) is 5.75. The summed E-state index contributed by atoms with van der Waals surface area (Å²) in [5.41, 5.74) is -0.303. The average Bonchev–Trinajstić information content (AvgIpc) is 2.65. The number of hydrogen-bond donors (Lipinski definition) is 3. The van der Waals surface area contributed by atoms with Gasteiger partial charge in [-0.25, -0.2) is 4.79 Å². The van der Waals surface area contributed by atoms with Gasteiger partial charge in [0.05, 0.1) is 5.02 Å². The number of benzene rings is 3. The number of aryl methyl sites for hydroxylation is 1. The van der Waals surface area contributed by atoms with Gasteiger partial charge in [-0.05, 0) is 29.5 Å². The molecule has 3 aromatic rings. The maximum absolute atomic E-state index is 11.8. The van der Waals surface area contributed by atoms with E-state index in [1.165, 1.54) is 18.2 Å². The summed E-state index contributed by atoms with van der Waals surface area (Å²) >= 11 is 6.11. The summed E-state index contributed by atoms with van der Waals surface area (Å²) in [5.74, 6) is -1.98. The van der Waals surface area contributed by atoms with Gasteiger partial charge in [-0.1, -0.05) is 48.9 Å². The highest BCUT2D eigenvalue weighted by atomic mass is 35.5. The Hall–Kier alpha value is -3.01. The van der Waals surface area contributed by atoms with Crippen LogP contribution < -0.4 is 0 Å². The molecule has 0 saturated carbocycles. The fraction of sp³-hybridized carbons (Fsp3) is 0.105. The van der Waals surface area contributed by atoms with E-state index in [0.29, 0.717) is 22.8 Å². The molecule has 0 aliphatic heterocycles. The van der Waals surface area contributed by atoms with Gasteiger partial charge in [0.2, 0.25) is 0 Å². The van der Waals surface area contributed by atoms with Gasteiger partial charge in [-0.15, -0.1) is 10.2 Å². The number of carbonyl (C=O) groups is 1. The van der Waals surface area contributed by atoms with Crippen LogP contribution >= 0.6 is 11.6 Å². The van der Waals surface area contributed by atoms with Gasteiger partial charge in [0.25, 0.3) is 10.1 Å². The van der Waals surface area contributed by atoms with Crippen LogP contribution in [0.5, 0.6) is 5.75 Å². The standard InChI is InChI=1S/C19H15ClN2O6S/c1-2-10-7-8-14(18(15(10)20)29(26,27)28)21-22-16-12-6-4-3-5-11(12)9-13(17(16)23)19(24)25/h3-9,23H,2H2,1H3,(H,24,25)(H,26,27,28). The second-order valence-electron chi connectivity index (χ2n) is 6.06. The van der Waals surface area contributed by atoms with Gasteiger partial charge in [-0.3, -0.25) is 4.55 Å². The number of aromatic carboxylic acids is 1. The summed E-state index contributed by atoms with van der Waals surface area (Å²) in [5, 5.41) is 28.1. The molecule has 0 saturated heterocycles. The summed E-state index contributed by atoms with van der Waals surface area (Å²) < 4.78 is 33.2. The van der Waals surface area contributed by atoms with Crippen molar-refractivity contribution < 1.29 is 28.0 Å². The van der Waals surface area contributed by atoms with Crippen molar-refractivity contribution in [3.63, 3.8) is 0 Å². The van der Waals surface area contributed by atoms with Gasteiger partial charge in [0.1, 0.15) is 21.8 Å². The number of halogens is 1. The Morgan fingerprint density at radius 2 is 1.83 bits per heavy atom. The van der Waals surface area contributed by atoms with Gasteiger partial charge < -0.3 is 10.2 Å². The molecule has 0 radical (unpaired) electrons. The molecule has 0 unspecified atom stereocenters. The van der Waals surface area contributed by atoms with E-state index >= 15 is 0 Å². The van der Waals surface area contributed by atoms with Crippen molar-refractivity contribution in [2.45, 2.75) is 18.2 Å². The predicted octanol–water partition coefficient (Wildman–Crippen LogP) is 5.12. The smallest absolute Gasteiger partial charge is 0.339 e. The molecular formula is C19H15ClN2O6S.